The summed E-state index contributed by atoms with van der Waals surface area (Å²) in [6, 6.07) is 8.46. The summed E-state index contributed by atoms with van der Waals surface area (Å²) in [7, 11) is 0. The molecule has 5 rings (SSSR count). The number of benzene rings is 1. The number of aromatic carboxylic acids is 1. The number of para-hydroxylation sites is 1. The Bertz CT molecular complexity index is 998. The molecule has 1 saturated heterocycles. The van der Waals surface area contributed by atoms with Crippen LogP contribution < -0.4 is 0 Å². The Kier molecular flexibility index (Phi) is 3.80. The number of likely N-dealkylation sites (tertiary alicyclic amines) is 1. The zero-order valence-electron chi connectivity index (χ0n) is 15.0. The maximum atomic E-state index is 11.3. The van der Waals surface area contributed by atoms with Crippen LogP contribution in [-0.2, 0) is 23.3 Å². The highest BCUT2D eigenvalue weighted by Gasteiger charge is 2.42. The molecule has 3 N–H and O–H groups in total. The van der Waals surface area contributed by atoms with Gasteiger partial charge in [-0.25, -0.2) is 4.79 Å². The number of fused-ring (bicyclic) bond motifs is 4. The van der Waals surface area contributed by atoms with Crippen molar-refractivity contribution < 1.29 is 14.6 Å². The van der Waals surface area contributed by atoms with E-state index in [2.05, 4.69) is 44.3 Å². The summed E-state index contributed by atoms with van der Waals surface area (Å²) in [5.74, 6) is -0.964. The van der Waals surface area contributed by atoms with Gasteiger partial charge < -0.3 is 14.8 Å². The molecule has 7 nitrogen and oxygen atoms in total. The highest BCUT2D eigenvalue weighted by atomic mass is 16.5. The predicted octanol–water partition coefficient (Wildman–Crippen LogP) is 2.65. The van der Waals surface area contributed by atoms with Crippen LogP contribution in [0.4, 0.5) is 0 Å². The van der Waals surface area contributed by atoms with Gasteiger partial charge in [-0.1, -0.05) is 18.2 Å². The SMILES string of the molecule is O=C(O)c1[nH]ncc1CN1CCC2(CC1)OCCc1c2[nH]c2ccccc12. The van der Waals surface area contributed by atoms with Crippen molar-refractivity contribution in [3.8, 4) is 0 Å². The van der Waals surface area contributed by atoms with Crippen molar-refractivity contribution in [3.05, 3.63) is 53.0 Å². The number of nitrogens with one attached hydrogen (secondary N) is 2. The third-order valence-electron chi connectivity index (χ3n) is 5.99. The number of nitrogens with zero attached hydrogens (tertiary/aromatic N) is 2. The van der Waals surface area contributed by atoms with Crippen LogP contribution in [0.15, 0.2) is 30.5 Å². The predicted molar refractivity (Wildman–Crippen MR) is 99.7 cm³/mol. The molecular formula is C20H22N4O3. The summed E-state index contributed by atoms with van der Waals surface area (Å²) in [6.45, 7) is 3.06. The van der Waals surface area contributed by atoms with Crippen molar-refractivity contribution in [1.82, 2.24) is 20.1 Å². The molecule has 0 radical (unpaired) electrons. The van der Waals surface area contributed by atoms with Gasteiger partial charge in [0.2, 0.25) is 0 Å². The molecule has 3 aromatic rings. The fourth-order valence-electron chi connectivity index (χ4n) is 4.59. The summed E-state index contributed by atoms with van der Waals surface area (Å²) >= 11 is 0. The van der Waals surface area contributed by atoms with E-state index in [9.17, 15) is 9.90 Å². The number of carboxylic acids is 1. The quantitative estimate of drug-likeness (QED) is 0.662. The molecule has 0 saturated carbocycles. The van der Waals surface area contributed by atoms with Crippen molar-refractivity contribution in [2.75, 3.05) is 19.7 Å². The molecule has 0 bridgehead atoms. The number of aromatic nitrogens is 3. The lowest BCUT2D eigenvalue weighted by molar-refractivity contribution is -0.101. The van der Waals surface area contributed by atoms with Gasteiger partial charge in [0, 0.05) is 36.1 Å². The van der Waals surface area contributed by atoms with Gasteiger partial charge in [0.1, 0.15) is 11.3 Å². The Hall–Kier alpha value is -2.64. The number of H-pyrrole nitrogens is 2. The highest BCUT2D eigenvalue weighted by Crippen LogP contribution is 2.43. The average molecular weight is 366 g/mol. The van der Waals surface area contributed by atoms with Gasteiger partial charge in [0.25, 0.3) is 0 Å². The Morgan fingerprint density at radius 2 is 2.11 bits per heavy atom. The average Bonchev–Trinajstić information content (AvgIpc) is 3.29. The van der Waals surface area contributed by atoms with Gasteiger partial charge in [0.15, 0.2) is 0 Å². The molecule has 1 fully saturated rings. The van der Waals surface area contributed by atoms with Crippen molar-refractivity contribution in [2.24, 2.45) is 0 Å². The summed E-state index contributed by atoms with van der Waals surface area (Å²) in [6.07, 6.45) is 4.35. The van der Waals surface area contributed by atoms with Gasteiger partial charge in [-0.3, -0.25) is 10.00 Å². The Labute approximate surface area is 156 Å². The van der Waals surface area contributed by atoms with E-state index in [1.807, 2.05) is 0 Å². The molecule has 2 aliphatic rings. The number of hydrogen-bond acceptors (Lipinski definition) is 4. The summed E-state index contributed by atoms with van der Waals surface area (Å²) < 4.78 is 6.34. The first kappa shape index (κ1) is 16.5. The van der Waals surface area contributed by atoms with E-state index in [1.54, 1.807) is 6.20 Å². The fourth-order valence-corrected chi connectivity index (χ4v) is 4.59. The van der Waals surface area contributed by atoms with Gasteiger partial charge in [-0.05, 0) is 30.9 Å². The van der Waals surface area contributed by atoms with Crippen LogP contribution in [-0.4, -0.2) is 50.9 Å². The molecule has 4 heterocycles. The molecular weight excluding hydrogens is 344 g/mol. The number of piperidine rings is 1. The largest absolute Gasteiger partial charge is 0.477 e. The van der Waals surface area contributed by atoms with Gasteiger partial charge >= 0.3 is 5.97 Å². The molecule has 27 heavy (non-hydrogen) atoms. The molecule has 1 spiro atoms. The first-order chi connectivity index (χ1) is 13.2. The number of aromatic amines is 2. The Morgan fingerprint density at radius 3 is 2.93 bits per heavy atom. The molecule has 140 valence electrons. The minimum Gasteiger partial charge on any atom is -0.477 e. The highest BCUT2D eigenvalue weighted by molar-refractivity contribution is 5.87. The smallest absolute Gasteiger partial charge is 0.354 e. The van der Waals surface area contributed by atoms with Crippen LogP contribution in [0.2, 0.25) is 0 Å². The molecule has 7 heteroatoms. The van der Waals surface area contributed by atoms with Crippen molar-refractivity contribution in [1.29, 1.82) is 0 Å². The number of hydrogen-bond donors (Lipinski definition) is 3. The Balaban J connectivity index is 1.38. The van der Waals surface area contributed by atoms with Crippen LogP contribution >= 0.6 is 0 Å². The fraction of sp³-hybridized carbons (Fsp3) is 0.400. The second kappa shape index (κ2) is 6.21. The monoisotopic (exact) mass is 366 g/mol. The minimum atomic E-state index is -0.964. The van der Waals surface area contributed by atoms with Crippen LogP contribution in [0.5, 0.6) is 0 Å². The van der Waals surface area contributed by atoms with E-state index in [0.717, 1.165) is 44.5 Å². The molecule has 0 atom stereocenters. The van der Waals surface area contributed by atoms with Crippen LogP contribution in [0.1, 0.15) is 40.2 Å². The molecule has 0 aliphatic carbocycles. The van der Waals surface area contributed by atoms with Crippen LogP contribution in [0.3, 0.4) is 0 Å². The number of rotatable bonds is 3. The number of carbonyl (C=O) groups is 1. The van der Waals surface area contributed by atoms with E-state index in [-0.39, 0.29) is 11.3 Å². The van der Waals surface area contributed by atoms with E-state index < -0.39 is 5.97 Å². The lowest BCUT2D eigenvalue weighted by atomic mass is 9.83. The van der Waals surface area contributed by atoms with Gasteiger partial charge in [-0.15, -0.1) is 0 Å². The Morgan fingerprint density at radius 1 is 1.30 bits per heavy atom. The topological polar surface area (TPSA) is 94.2 Å². The normalized spacial score (nSPS) is 19.4. The molecule has 0 unspecified atom stereocenters. The van der Waals surface area contributed by atoms with Crippen molar-refractivity contribution in [2.45, 2.75) is 31.4 Å². The summed E-state index contributed by atoms with van der Waals surface area (Å²) in [4.78, 5) is 17.2. The summed E-state index contributed by atoms with van der Waals surface area (Å²) in [5.41, 5.74) is 4.47. The third kappa shape index (κ3) is 2.65. The van der Waals surface area contributed by atoms with Crippen LogP contribution in [0, 0.1) is 0 Å². The van der Waals surface area contributed by atoms with E-state index in [4.69, 9.17) is 4.74 Å². The lowest BCUT2D eigenvalue weighted by Crippen LogP contribution is -2.46. The third-order valence-corrected chi connectivity index (χ3v) is 5.99. The van der Waals surface area contributed by atoms with E-state index in [0.29, 0.717) is 6.54 Å². The molecule has 0 amide bonds. The zero-order valence-corrected chi connectivity index (χ0v) is 15.0. The second-order valence-electron chi connectivity index (χ2n) is 7.47. The first-order valence-corrected chi connectivity index (χ1v) is 9.38. The van der Waals surface area contributed by atoms with Crippen molar-refractivity contribution in [3.63, 3.8) is 0 Å². The summed E-state index contributed by atoms with van der Waals surface area (Å²) in [5, 5.41) is 17.0. The number of ether oxygens (including phenoxy) is 1. The van der Waals surface area contributed by atoms with Crippen LogP contribution in [0.25, 0.3) is 10.9 Å². The molecule has 2 aromatic heterocycles. The second-order valence-corrected chi connectivity index (χ2v) is 7.47. The standard InChI is InChI=1S/C20H22N4O3/c25-19(26)17-13(11-21-23-17)12-24-8-6-20(7-9-24)18-15(5-10-27-20)14-3-1-2-4-16(14)22-18/h1-4,11,22H,5-10,12H2,(H,21,23)(H,25,26). The maximum Gasteiger partial charge on any atom is 0.354 e. The molecule has 2 aliphatic heterocycles. The van der Waals surface area contributed by atoms with Gasteiger partial charge in [-0.2, -0.15) is 5.10 Å². The van der Waals surface area contributed by atoms with Crippen molar-refractivity contribution >= 4 is 16.9 Å². The maximum absolute atomic E-state index is 11.3. The first-order valence-electron chi connectivity index (χ1n) is 9.38. The number of carboxylic acid groups (broad SMARTS) is 1. The minimum absolute atomic E-state index is 0.183. The van der Waals surface area contributed by atoms with E-state index >= 15 is 0 Å². The zero-order chi connectivity index (χ0) is 18.4. The van der Waals surface area contributed by atoms with Gasteiger partial charge in [0.05, 0.1) is 18.5 Å². The van der Waals surface area contributed by atoms with E-state index in [1.165, 1.54) is 22.2 Å². The molecule has 1 aromatic carbocycles. The lowest BCUT2D eigenvalue weighted by Gasteiger charge is -2.43.